The van der Waals surface area contributed by atoms with Crippen LogP contribution < -0.4 is 10.2 Å². The molecule has 0 saturated carbocycles. The van der Waals surface area contributed by atoms with Crippen LogP contribution in [-0.2, 0) is 27.9 Å². The molecular weight excluding hydrogens is 856 g/mol. The van der Waals surface area contributed by atoms with Crippen molar-refractivity contribution in [2.24, 2.45) is 0 Å². The summed E-state index contributed by atoms with van der Waals surface area (Å²) in [6.45, 7) is 6.72. The zero-order valence-corrected chi connectivity index (χ0v) is 45.0. The Labute approximate surface area is 413 Å². The molecule has 0 rings (SSSR count). The van der Waals surface area contributed by atoms with E-state index in [1.54, 1.807) is 0 Å². The molecule has 1 amide bonds. The lowest BCUT2D eigenvalue weighted by molar-refractivity contribution is -0.870. The van der Waals surface area contributed by atoms with Crippen molar-refractivity contribution in [3.05, 3.63) is 72.9 Å². The molecule has 3 unspecified atom stereocenters. The number of rotatable bonds is 48. The van der Waals surface area contributed by atoms with Gasteiger partial charge in [-0.25, -0.2) is 0 Å². The van der Waals surface area contributed by atoms with Crippen LogP contribution >= 0.6 is 7.82 Å². The molecule has 3 atom stereocenters. The largest absolute Gasteiger partial charge is 0.756 e. The van der Waals surface area contributed by atoms with Crippen molar-refractivity contribution in [3.8, 4) is 0 Å². The molecule has 1 N–H and O–H groups in total. The van der Waals surface area contributed by atoms with E-state index in [-0.39, 0.29) is 24.9 Å². The smallest absolute Gasteiger partial charge is 0.306 e. The summed E-state index contributed by atoms with van der Waals surface area (Å²) in [7, 11) is 1.15. The fourth-order valence-corrected chi connectivity index (χ4v) is 8.03. The number of phosphoric acid groups is 1. The number of carbonyl (C=O) groups is 2. The van der Waals surface area contributed by atoms with Gasteiger partial charge in [0, 0.05) is 12.8 Å². The molecule has 0 aliphatic rings. The van der Waals surface area contributed by atoms with Crippen LogP contribution in [0, 0.1) is 0 Å². The molecule has 10 heteroatoms. The molecule has 9 nitrogen and oxygen atoms in total. The number of ether oxygens (including phenoxy) is 1. The molecule has 0 aliphatic carbocycles. The average molecular weight is 959 g/mol. The van der Waals surface area contributed by atoms with E-state index in [1.165, 1.54) is 83.5 Å². The number of carbonyl (C=O) groups excluding carboxylic acids is 2. The fourth-order valence-electron chi connectivity index (χ4n) is 7.31. The van der Waals surface area contributed by atoms with Gasteiger partial charge in [-0.2, -0.15) is 0 Å². The Morgan fingerprint density at radius 3 is 1.46 bits per heavy atom. The van der Waals surface area contributed by atoms with E-state index in [0.717, 1.165) is 103 Å². The lowest BCUT2D eigenvalue weighted by Gasteiger charge is -2.30. The quantitative estimate of drug-likeness (QED) is 0.0212. The van der Waals surface area contributed by atoms with Crippen LogP contribution in [0.5, 0.6) is 0 Å². The Bertz CT molecular complexity index is 1380. The van der Waals surface area contributed by atoms with Gasteiger partial charge in [-0.1, -0.05) is 190 Å². The molecule has 388 valence electrons. The summed E-state index contributed by atoms with van der Waals surface area (Å²) >= 11 is 0. The van der Waals surface area contributed by atoms with Gasteiger partial charge in [0.25, 0.3) is 7.82 Å². The normalized spacial score (nSPS) is 14.4. The first kappa shape index (κ1) is 64.5. The number of esters is 1. The van der Waals surface area contributed by atoms with Gasteiger partial charge in [-0.05, 0) is 96.0 Å². The molecule has 0 saturated heterocycles. The van der Waals surface area contributed by atoms with Crippen LogP contribution in [0.2, 0.25) is 0 Å². The first-order valence-electron chi connectivity index (χ1n) is 27.2. The number of nitrogens with one attached hydrogen (secondary N) is 1. The molecule has 0 bridgehead atoms. The summed E-state index contributed by atoms with van der Waals surface area (Å²) in [4.78, 5) is 39.7. The van der Waals surface area contributed by atoms with Crippen molar-refractivity contribution in [1.29, 1.82) is 0 Å². The van der Waals surface area contributed by atoms with Crippen LogP contribution in [0.1, 0.15) is 226 Å². The van der Waals surface area contributed by atoms with Gasteiger partial charge in [0.05, 0.1) is 33.8 Å². The summed E-state index contributed by atoms with van der Waals surface area (Å²) in [6, 6.07) is -0.906. The minimum atomic E-state index is -4.70. The number of amides is 1. The molecule has 0 fully saturated rings. The number of nitrogens with zero attached hydrogens (tertiary/aromatic N) is 1. The predicted molar refractivity (Wildman–Crippen MR) is 284 cm³/mol. The molecule has 67 heavy (non-hydrogen) atoms. The molecule has 0 aromatic carbocycles. The number of phosphoric ester groups is 1. The zero-order chi connectivity index (χ0) is 49.4. The Kier molecular flexibility index (Phi) is 45.3. The molecular formula is C57H103N2O7P. The number of hydrogen-bond donors (Lipinski definition) is 1. The van der Waals surface area contributed by atoms with E-state index >= 15 is 0 Å². The Hall–Kier alpha value is -2.55. The monoisotopic (exact) mass is 959 g/mol. The second kappa shape index (κ2) is 47.1. The highest BCUT2D eigenvalue weighted by Gasteiger charge is 2.27. The highest BCUT2D eigenvalue weighted by atomic mass is 31.2. The molecule has 0 spiro atoms. The van der Waals surface area contributed by atoms with Gasteiger partial charge in [-0.15, -0.1) is 0 Å². The van der Waals surface area contributed by atoms with E-state index in [9.17, 15) is 19.0 Å². The van der Waals surface area contributed by atoms with Crippen LogP contribution in [0.3, 0.4) is 0 Å². The SMILES string of the molecule is CCCC/C=C\CCCCCCCC(=O)NC(COP(=O)([O-])OCC[N+](C)(C)C)C(/C=C\CCCCCCCCCCC)OC(=O)CCCCC/C=C\C/C=C\C/C=C\C/C=C\CCCCC. The van der Waals surface area contributed by atoms with Gasteiger partial charge in [0.1, 0.15) is 19.3 Å². The summed E-state index contributed by atoms with van der Waals surface area (Å²) in [5.41, 5.74) is 0. The van der Waals surface area contributed by atoms with E-state index in [4.69, 9.17) is 13.8 Å². The topological polar surface area (TPSA) is 114 Å². The van der Waals surface area contributed by atoms with Gasteiger partial charge in [-0.3, -0.25) is 14.2 Å². The van der Waals surface area contributed by atoms with Gasteiger partial charge < -0.3 is 28.5 Å². The summed E-state index contributed by atoms with van der Waals surface area (Å²) in [5.74, 6) is -0.594. The standard InChI is InChI=1S/C57H103N2O7P/c1-7-10-13-16-19-22-25-26-27-28-29-30-31-32-35-38-41-44-47-50-57(61)66-55(48-45-42-39-36-33-23-20-17-14-11-8-2)54(53-65-67(62,63)64-52-51-59(4,5)6)58-56(60)49-46-43-40-37-34-24-21-18-15-12-9-3/h18-19,21-22,26-27,29-30,32,35,45,48,54-55H,7-17,20,23-25,28,31,33-34,36-44,46-47,49-53H2,1-6H3,(H-,58,60,62,63)/b21-18-,22-19-,27-26-,30-29-,35-32-,48-45-. The third kappa shape index (κ3) is 48.3. The van der Waals surface area contributed by atoms with Crippen LogP contribution in [0.25, 0.3) is 0 Å². The predicted octanol–water partition coefficient (Wildman–Crippen LogP) is 15.5. The summed E-state index contributed by atoms with van der Waals surface area (Å²) in [5, 5.41) is 2.99. The van der Waals surface area contributed by atoms with Gasteiger partial charge in [0.2, 0.25) is 5.91 Å². The lowest BCUT2D eigenvalue weighted by atomic mass is 10.1. The third-order valence-electron chi connectivity index (χ3n) is 11.6. The van der Waals surface area contributed by atoms with E-state index in [0.29, 0.717) is 23.9 Å². The summed E-state index contributed by atoms with van der Waals surface area (Å²) < 4.78 is 30.1. The maximum absolute atomic E-state index is 13.4. The van der Waals surface area contributed by atoms with E-state index in [2.05, 4.69) is 86.8 Å². The molecule has 0 radical (unpaired) electrons. The number of hydrogen-bond acceptors (Lipinski definition) is 7. The minimum absolute atomic E-state index is 0.0318. The number of allylic oxidation sites excluding steroid dienone is 11. The second-order valence-electron chi connectivity index (χ2n) is 19.4. The van der Waals surface area contributed by atoms with Crippen LogP contribution in [0.15, 0.2) is 72.9 Å². The Morgan fingerprint density at radius 1 is 0.522 bits per heavy atom. The molecule has 0 heterocycles. The number of unbranched alkanes of at least 4 members (excludes halogenated alkanes) is 22. The summed E-state index contributed by atoms with van der Waals surface area (Å²) in [6.07, 6.45) is 58.7. The first-order valence-corrected chi connectivity index (χ1v) is 28.7. The third-order valence-corrected chi connectivity index (χ3v) is 12.6. The first-order chi connectivity index (χ1) is 32.4. The maximum atomic E-state index is 13.4. The number of quaternary nitrogens is 1. The molecule has 0 aliphatic heterocycles. The molecule has 0 aromatic heterocycles. The second-order valence-corrected chi connectivity index (χ2v) is 20.8. The van der Waals surface area contributed by atoms with Crippen LogP contribution in [0.4, 0.5) is 0 Å². The van der Waals surface area contributed by atoms with Crippen molar-refractivity contribution in [1.82, 2.24) is 5.32 Å². The minimum Gasteiger partial charge on any atom is -0.756 e. The van der Waals surface area contributed by atoms with E-state index < -0.39 is 26.6 Å². The highest BCUT2D eigenvalue weighted by Crippen LogP contribution is 2.38. The lowest BCUT2D eigenvalue weighted by Crippen LogP contribution is -2.47. The Morgan fingerprint density at radius 2 is 0.925 bits per heavy atom. The van der Waals surface area contributed by atoms with Crippen LogP contribution in [-0.4, -0.2) is 69.4 Å². The van der Waals surface area contributed by atoms with Gasteiger partial charge >= 0.3 is 5.97 Å². The number of likely N-dealkylation sites (N-methyl/N-ethyl adjacent to an activating group) is 1. The van der Waals surface area contributed by atoms with Crippen molar-refractivity contribution < 1.29 is 37.3 Å². The Balaban J connectivity index is 5.40. The highest BCUT2D eigenvalue weighted by molar-refractivity contribution is 7.45. The van der Waals surface area contributed by atoms with Crippen molar-refractivity contribution in [2.75, 3.05) is 40.9 Å². The molecule has 0 aromatic rings. The van der Waals surface area contributed by atoms with Gasteiger partial charge in [0.15, 0.2) is 0 Å². The zero-order valence-electron chi connectivity index (χ0n) is 44.1. The van der Waals surface area contributed by atoms with Crippen molar-refractivity contribution in [3.63, 3.8) is 0 Å². The average Bonchev–Trinajstić information content (AvgIpc) is 3.28. The van der Waals surface area contributed by atoms with Crippen molar-refractivity contribution >= 4 is 19.7 Å². The fraction of sp³-hybridized carbons (Fsp3) is 0.754. The maximum Gasteiger partial charge on any atom is 0.306 e. The van der Waals surface area contributed by atoms with Crippen molar-refractivity contribution in [2.45, 2.75) is 238 Å². The van der Waals surface area contributed by atoms with E-state index in [1.807, 2.05) is 33.3 Å².